The van der Waals surface area contributed by atoms with Crippen LogP contribution in [0, 0.1) is 0 Å². The Hall–Kier alpha value is -4.12. The van der Waals surface area contributed by atoms with Crippen molar-refractivity contribution in [2.45, 2.75) is 13.0 Å². The van der Waals surface area contributed by atoms with E-state index in [1.807, 2.05) is 60.8 Å². The van der Waals surface area contributed by atoms with Crippen LogP contribution < -0.4 is 4.74 Å². The van der Waals surface area contributed by atoms with E-state index >= 15 is 0 Å². The van der Waals surface area contributed by atoms with E-state index in [1.165, 1.54) is 0 Å². The molecule has 0 unspecified atom stereocenters. The van der Waals surface area contributed by atoms with Crippen LogP contribution >= 0.6 is 0 Å². The molecule has 2 aromatic heterocycles. The molecule has 0 radical (unpaired) electrons. The first-order chi connectivity index (χ1) is 15.2. The molecular formula is C26H20N2O3. The highest BCUT2D eigenvalue weighted by Crippen LogP contribution is 2.24. The van der Waals surface area contributed by atoms with E-state index in [1.54, 1.807) is 12.1 Å². The van der Waals surface area contributed by atoms with Gasteiger partial charge in [0.25, 0.3) is 0 Å². The Morgan fingerprint density at radius 2 is 1.87 bits per heavy atom. The summed E-state index contributed by atoms with van der Waals surface area (Å²) < 4.78 is 5.99. The summed E-state index contributed by atoms with van der Waals surface area (Å²) in [5.74, 6) is -0.135. The number of pyridine rings is 1. The van der Waals surface area contributed by atoms with E-state index in [0.717, 1.165) is 50.8 Å². The van der Waals surface area contributed by atoms with Crippen molar-refractivity contribution in [2.24, 2.45) is 0 Å². The summed E-state index contributed by atoms with van der Waals surface area (Å²) in [6.45, 7) is 0.402. The van der Waals surface area contributed by atoms with E-state index in [9.17, 15) is 4.79 Å². The van der Waals surface area contributed by atoms with Crippen LogP contribution in [0.3, 0.4) is 0 Å². The smallest absolute Gasteiger partial charge is 0.335 e. The highest BCUT2D eigenvalue weighted by molar-refractivity contribution is 5.94. The molecule has 0 atom stereocenters. The average molecular weight is 408 g/mol. The summed E-state index contributed by atoms with van der Waals surface area (Å²) in [7, 11) is 0. The van der Waals surface area contributed by atoms with Crippen molar-refractivity contribution < 1.29 is 14.6 Å². The molecule has 0 spiro atoms. The van der Waals surface area contributed by atoms with Crippen LogP contribution in [0.1, 0.15) is 27.2 Å². The number of carboxylic acid groups (broad SMARTS) is 1. The molecule has 0 saturated carbocycles. The number of ether oxygens (including phenoxy) is 1. The second kappa shape index (κ2) is 7.95. The molecule has 0 aliphatic carbocycles. The summed E-state index contributed by atoms with van der Waals surface area (Å²) in [5.41, 5.74) is 5.17. The molecule has 5 rings (SSSR count). The predicted octanol–water partition coefficient (Wildman–Crippen LogP) is 5.58. The molecule has 2 heterocycles. The van der Waals surface area contributed by atoms with Crippen molar-refractivity contribution >= 4 is 27.8 Å². The van der Waals surface area contributed by atoms with Gasteiger partial charge in [-0.2, -0.15) is 0 Å². The van der Waals surface area contributed by atoms with Gasteiger partial charge in [0.05, 0.1) is 16.8 Å². The van der Waals surface area contributed by atoms with Crippen LogP contribution in [-0.4, -0.2) is 21.0 Å². The highest BCUT2D eigenvalue weighted by atomic mass is 16.5. The van der Waals surface area contributed by atoms with E-state index < -0.39 is 5.97 Å². The Labute approximate surface area is 179 Å². The molecule has 3 aromatic carbocycles. The van der Waals surface area contributed by atoms with Crippen molar-refractivity contribution in [2.75, 3.05) is 0 Å². The largest absolute Gasteiger partial charge is 0.487 e. The van der Waals surface area contributed by atoms with E-state index in [4.69, 9.17) is 9.84 Å². The number of nitrogens with zero attached hydrogens (tertiary/aromatic N) is 1. The number of fused-ring (bicyclic) bond motifs is 2. The van der Waals surface area contributed by atoms with E-state index in [0.29, 0.717) is 6.61 Å². The van der Waals surface area contributed by atoms with Crippen LogP contribution in [0.25, 0.3) is 21.8 Å². The molecule has 0 bridgehead atoms. The van der Waals surface area contributed by atoms with Gasteiger partial charge in [-0.05, 0) is 53.9 Å². The van der Waals surface area contributed by atoms with Crippen molar-refractivity contribution in [3.05, 3.63) is 107 Å². The van der Waals surface area contributed by atoms with Gasteiger partial charge in [0.2, 0.25) is 0 Å². The Kier molecular flexibility index (Phi) is 4.84. The number of H-pyrrole nitrogens is 1. The zero-order valence-electron chi connectivity index (χ0n) is 16.7. The van der Waals surface area contributed by atoms with Gasteiger partial charge in [0.1, 0.15) is 12.4 Å². The third kappa shape index (κ3) is 3.98. The zero-order chi connectivity index (χ0) is 21.2. The Bertz CT molecular complexity index is 1400. The molecular weight excluding hydrogens is 388 g/mol. The van der Waals surface area contributed by atoms with Crippen LogP contribution in [0.4, 0.5) is 0 Å². The number of hydrogen-bond acceptors (Lipinski definition) is 3. The first kappa shape index (κ1) is 18.9. The number of aromatic amines is 1. The van der Waals surface area contributed by atoms with Gasteiger partial charge >= 0.3 is 5.97 Å². The Balaban J connectivity index is 1.32. The lowest BCUT2D eigenvalue weighted by Crippen LogP contribution is -1.99. The first-order valence-corrected chi connectivity index (χ1v) is 10.1. The van der Waals surface area contributed by atoms with Crippen molar-refractivity contribution in [3.8, 4) is 5.75 Å². The predicted molar refractivity (Wildman–Crippen MR) is 121 cm³/mol. The molecule has 0 fully saturated rings. The monoisotopic (exact) mass is 408 g/mol. The Morgan fingerprint density at radius 3 is 2.77 bits per heavy atom. The number of aromatic nitrogens is 2. The number of rotatable bonds is 6. The standard InChI is InChI=1S/C26H20N2O3/c29-26(30)19-9-11-23-20(15-27-25(23)14-19)12-17-4-3-6-22(13-17)31-16-21-10-8-18-5-1-2-7-24(18)28-21/h1-11,13-15,27H,12,16H2,(H,29,30). The summed E-state index contributed by atoms with van der Waals surface area (Å²) in [4.78, 5) is 19.0. The fraction of sp³-hybridized carbons (Fsp3) is 0.0769. The lowest BCUT2D eigenvalue weighted by Gasteiger charge is -2.09. The second-order valence-electron chi connectivity index (χ2n) is 7.49. The quantitative estimate of drug-likeness (QED) is 0.384. The molecule has 5 heteroatoms. The average Bonchev–Trinajstić information content (AvgIpc) is 3.19. The van der Waals surface area contributed by atoms with Gasteiger partial charge in [0, 0.05) is 22.5 Å². The van der Waals surface area contributed by atoms with Crippen LogP contribution in [0.5, 0.6) is 5.75 Å². The van der Waals surface area contributed by atoms with Gasteiger partial charge in [-0.3, -0.25) is 0 Å². The molecule has 5 nitrogen and oxygen atoms in total. The molecule has 0 aliphatic rings. The molecule has 2 N–H and O–H groups in total. The topological polar surface area (TPSA) is 75.2 Å². The first-order valence-electron chi connectivity index (χ1n) is 10.1. The minimum absolute atomic E-state index is 0.276. The Morgan fingerprint density at radius 1 is 0.968 bits per heavy atom. The molecule has 0 amide bonds. The molecule has 0 saturated heterocycles. The number of para-hydroxylation sites is 1. The van der Waals surface area contributed by atoms with Crippen molar-refractivity contribution in [1.82, 2.24) is 9.97 Å². The molecule has 31 heavy (non-hydrogen) atoms. The molecule has 0 aliphatic heterocycles. The van der Waals surface area contributed by atoms with E-state index in [2.05, 4.69) is 22.1 Å². The highest BCUT2D eigenvalue weighted by Gasteiger charge is 2.09. The van der Waals surface area contributed by atoms with Gasteiger partial charge in [-0.25, -0.2) is 9.78 Å². The summed E-state index contributed by atoms with van der Waals surface area (Å²) >= 11 is 0. The second-order valence-corrected chi connectivity index (χ2v) is 7.49. The maximum atomic E-state index is 11.2. The minimum atomic E-state index is -0.927. The maximum Gasteiger partial charge on any atom is 0.335 e. The van der Waals surface area contributed by atoms with Crippen LogP contribution in [0.15, 0.2) is 85.1 Å². The SMILES string of the molecule is O=C(O)c1ccc2c(Cc3cccc(OCc4ccc5ccccc5n4)c3)c[nH]c2c1. The third-order valence-corrected chi connectivity index (χ3v) is 5.35. The lowest BCUT2D eigenvalue weighted by atomic mass is 10.0. The number of carboxylic acids is 1. The van der Waals surface area contributed by atoms with Crippen molar-refractivity contribution in [1.29, 1.82) is 0 Å². The van der Waals surface area contributed by atoms with Gasteiger partial charge in [-0.15, -0.1) is 0 Å². The number of hydrogen-bond donors (Lipinski definition) is 2. The van der Waals surface area contributed by atoms with Gasteiger partial charge in [0.15, 0.2) is 0 Å². The molecule has 152 valence electrons. The van der Waals surface area contributed by atoms with Crippen molar-refractivity contribution in [3.63, 3.8) is 0 Å². The summed E-state index contributed by atoms with van der Waals surface area (Å²) in [6, 6.07) is 25.3. The summed E-state index contributed by atoms with van der Waals surface area (Å²) in [5, 5.41) is 11.3. The number of aromatic carboxylic acids is 1. The number of nitrogens with one attached hydrogen (secondary N) is 1. The number of benzene rings is 3. The summed E-state index contributed by atoms with van der Waals surface area (Å²) in [6.07, 6.45) is 2.65. The van der Waals surface area contributed by atoms with E-state index in [-0.39, 0.29) is 5.56 Å². The maximum absolute atomic E-state index is 11.2. The van der Waals surface area contributed by atoms with Crippen LogP contribution in [-0.2, 0) is 13.0 Å². The number of carbonyl (C=O) groups is 1. The minimum Gasteiger partial charge on any atom is -0.487 e. The zero-order valence-corrected chi connectivity index (χ0v) is 16.7. The van der Waals surface area contributed by atoms with Gasteiger partial charge < -0.3 is 14.8 Å². The normalized spacial score (nSPS) is 11.1. The fourth-order valence-corrected chi connectivity index (χ4v) is 3.78. The van der Waals surface area contributed by atoms with Gasteiger partial charge in [-0.1, -0.05) is 42.5 Å². The van der Waals surface area contributed by atoms with Crippen LogP contribution in [0.2, 0.25) is 0 Å². The fourth-order valence-electron chi connectivity index (χ4n) is 3.78. The molecule has 5 aromatic rings. The lowest BCUT2D eigenvalue weighted by molar-refractivity contribution is 0.0697. The third-order valence-electron chi connectivity index (χ3n) is 5.35.